The maximum atomic E-state index is 5.81. The van der Waals surface area contributed by atoms with Crippen LogP contribution in [0.5, 0.6) is 0 Å². The van der Waals surface area contributed by atoms with E-state index in [1.54, 1.807) is 0 Å². The molecule has 20 heavy (non-hydrogen) atoms. The zero-order valence-corrected chi connectivity index (χ0v) is 13.1. The molecule has 0 unspecified atom stereocenters. The second-order valence-electron chi connectivity index (χ2n) is 6.74. The molecular weight excluding hydrogens is 242 g/mol. The summed E-state index contributed by atoms with van der Waals surface area (Å²) in [5, 5.41) is 0. The smallest absolute Gasteiger partial charge is 0.0314 e. The van der Waals surface area contributed by atoms with Crippen molar-refractivity contribution in [2.24, 2.45) is 5.92 Å². The molecule has 1 aromatic carbocycles. The summed E-state index contributed by atoms with van der Waals surface area (Å²) in [6.07, 6.45) is 14.1. The van der Waals surface area contributed by atoms with E-state index in [2.05, 4.69) is 31.2 Å². The Hall–Kier alpha value is -0.980. The molecule has 1 aromatic rings. The SMILES string of the molecule is CC1CCCCCC(c2ccc(N)cc2)CCCCC1. The van der Waals surface area contributed by atoms with E-state index >= 15 is 0 Å². The fourth-order valence-corrected chi connectivity index (χ4v) is 3.51. The lowest BCUT2D eigenvalue weighted by molar-refractivity contribution is 0.407. The van der Waals surface area contributed by atoms with Crippen molar-refractivity contribution in [2.75, 3.05) is 5.73 Å². The Morgan fingerprint density at radius 1 is 0.750 bits per heavy atom. The Balaban J connectivity index is 1.91. The maximum Gasteiger partial charge on any atom is 0.0314 e. The second kappa shape index (κ2) is 8.34. The third kappa shape index (κ3) is 5.19. The molecule has 1 saturated carbocycles. The molecule has 0 aromatic heterocycles. The average molecular weight is 273 g/mol. The van der Waals surface area contributed by atoms with Gasteiger partial charge < -0.3 is 5.73 Å². The Morgan fingerprint density at radius 2 is 1.25 bits per heavy atom. The molecule has 0 heterocycles. The summed E-state index contributed by atoms with van der Waals surface area (Å²) in [6.45, 7) is 2.43. The largest absolute Gasteiger partial charge is 0.399 e. The summed E-state index contributed by atoms with van der Waals surface area (Å²) in [7, 11) is 0. The predicted octanol–water partition coefficient (Wildman–Crippen LogP) is 5.90. The van der Waals surface area contributed by atoms with Crippen LogP contribution in [0.15, 0.2) is 24.3 Å². The van der Waals surface area contributed by atoms with Crippen molar-refractivity contribution in [1.82, 2.24) is 0 Å². The van der Waals surface area contributed by atoms with Crippen LogP contribution >= 0.6 is 0 Å². The van der Waals surface area contributed by atoms with Crippen LogP contribution < -0.4 is 5.73 Å². The van der Waals surface area contributed by atoms with Gasteiger partial charge in [0.2, 0.25) is 0 Å². The molecule has 0 saturated heterocycles. The van der Waals surface area contributed by atoms with Crippen LogP contribution in [0.25, 0.3) is 0 Å². The van der Waals surface area contributed by atoms with Gasteiger partial charge in [0.15, 0.2) is 0 Å². The summed E-state index contributed by atoms with van der Waals surface area (Å²) >= 11 is 0. The minimum Gasteiger partial charge on any atom is -0.399 e. The number of hydrogen-bond acceptors (Lipinski definition) is 1. The Kier molecular flexibility index (Phi) is 6.42. The van der Waals surface area contributed by atoms with Gasteiger partial charge in [-0.1, -0.05) is 70.4 Å². The van der Waals surface area contributed by atoms with Gasteiger partial charge in [-0.15, -0.1) is 0 Å². The fourth-order valence-electron chi connectivity index (χ4n) is 3.51. The van der Waals surface area contributed by atoms with Gasteiger partial charge in [0.25, 0.3) is 0 Å². The van der Waals surface area contributed by atoms with Crippen molar-refractivity contribution >= 4 is 5.69 Å². The lowest BCUT2D eigenvalue weighted by Gasteiger charge is -2.19. The highest BCUT2D eigenvalue weighted by Crippen LogP contribution is 2.30. The van der Waals surface area contributed by atoms with Crippen LogP contribution in [0.3, 0.4) is 0 Å². The average Bonchev–Trinajstić information content (AvgIpc) is 2.44. The standard InChI is InChI=1S/C19H31N/c1-16-8-4-2-6-10-17(11-7-3-5-9-16)18-12-14-19(20)15-13-18/h12-17H,2-11,20H2,1H3. The van der Waals surface area contributed by atoms with Crippen molar-refractivity contribution in [3.05, 3.63) is 29.8 Å². The van der Waals surface area contributed by atoms with E-state index in [1.807, 2.05) is 0 Å². The molecule has 1 aliphatic carbocycles. The van der Waals surface area contributed by atoms with Gasteiger partial charge in [-0.25, -0.2) is 0 Å². The van der Waals surface area contributed by atoms with Gasteiger partial charge in [-0.3, -0.25) is 0 Å². The van der Waals surface area contributed by atoms with E-state index in [0.717, 1.165) is 17.5 Å². The first kappa shape index (κ1) is 15.4. The molecular formula is C19H31N. The van der Waals surface area contributed by atoms with E-state index < -0.39 is 0 Å². The number of benzene rings is 1. The number of rotatable bonds is 1. The van der Waals surface area contributed by atoms with Crippen LogP contribution in [0.4, 0.5) is 5.69 Å². The fraction of sp³-hybridized carbons (Fsp3) is 0.684. The first-order valence-electron chi connectivity index (χ1n) is 8.61. The molecule has 0 spiro atoms. The third-order valence-electron chi connectivity index (χ3n) is 4.91. The molecule has 1 heteroatoms. The minimum atomic E-state index is 0.757. The van der Waals surface area contributed by atoms with Gasteiger partial charge in [0, 0.05) is 5.69 Å². The molecule has 0 aliphatic heterocycles. The predicted molar refractivity (Wildman–Crippen MR) is 88.9 cm³/mol. The molecule has 0 bridgehead atoms. The Bertz CT molecular complexity index is 354. The molecule has 0 amide bonds. The normalized spacial score (nSPS) is 26.4. The van der Waals surface area contributed by atoms with E-state index in [1.165, 1.54) is 69.8 Å². The Labute approximate surface area is 125 Å². The molecule has 0 radical (unpaired) electrons. The topological polar surface area (TPSA) is 26.0 Å². The quantitative estimate of drug-likeness (QED) is 0.633. The van der Waals surface area contributed by atoms with Gasteiger partial charge >= 0.3 is 0 Å². The molecule has 2 N–H and O–H groups in total. The zero-order chi connectivity index (χ0) is 14.2. The van der Waals surface area contributed by atoms with E-state index in [-0.39, 0.29) is 0 Å². The lowest BCUT2D eigenvalue weighted by atomic mass is 9.86. The third-order valence-corrected chi connectivity index (χ3v) is 4.91. The number of hydrogen-bond donors (Lipinski definition) is 1. The van der Waals surface area contributed by atoms with Crippen molar-refractivity contribution in [3.8, 4) is 0 Å². The van der Waals surface area contributed by atoms with Crippen LogP contribution in [0.2, 0.25) is 0 Å². The van der Waals surface area contributed by atoms with Crippen LogP contribution in [-0.4, -0.2) is 0 Å². The zero-order valence-electron chi connectivity index (χ0n) is 13.1. The van der Waals surface area contributed by atoms with E-state index in [9.17, 15) is 0 Å². The minimum absolute atomic E-state index is 0.757. The first-order valence-corrected chi connectivity index (χ1v) is 8.61. The van der Waals surface area contributed by atoms with E-state index in [0.29, 0.717) is 0 Å². The summed E-state index contributed by atoms with van der Waals surface area (Å²) < 4.78 is 0. The number of nitrogen functional groups attached to an aromatic ring is 1. The van der Waals surface area contributed by atoms with Gasteiger partial charge in [0.1, 0.15) is 0 Å². The second-order valence-corrected chi connectivity index (χ2v) is 6.74. The molecule has 1 aliphatic rings. The number of nitrogens with two attached hydrogens (primary N) is 1. The Morgan fingerprint density at radius 3 is 1.80 bits per heavy atom. The van der Waals surface area contributed by atoms with Gasteiger partial charge in [-0.2, -0.15) is 0 Å². The molecule has 0 atom stereocenters. The van der Waals surface area contributed by atoms with E-state index in [4.69, 9.17) is 5.73 Å². The number of anilines is 1. The summed E-state index contributed by atoms with van der Waals surface area (Å²) in [5.41, 5.74) is 8.20. The maximum absolute atomic E-state index is 5.81. The molecule has 1 fully saturated rings. The van der Waals surface area contributed by atoms with Crippen molar-refractivity contribution < 1.29 is 0 Å². The van der Waals surface area contributed by atoms with Crippen LogP contribution in [0.1, 0.15) is 82.6 Å². The van der Waals surface area contributed by atoms with Gasteiger partial charge in [-0.05, 0) is 42.4 Å². The van der Waals surface area contributed by atoms with Crippen molar-refractivity contribution in [2.45, 2.75) is 77.0 Å². The summed E-state index contributed by atoms with van der Waals surface area (Å²) in [4.78, 5) is 0. The van der Waals surface area contributed by atoms with Crippen LogP contribution in [0, 0.1) is 5.92 Å². The van der Waals surface area contributed by atoms with Gasteiger partial charge in [0.05, 0.1) is 0 Å². The highest BCUT2D eigenvalue weighted by atomic mass is 14.5. The molecule has 2 rings (SSSR count). The van der Waals surface area contributed by atoms with Crippen molar-refractivity contribution in [1.29, 1.82) is 0 Å². The van der Waals surface area contributed by atoms with Crippen LogP contribution in [-0.2, 0) is 0 Å². The summed E-state index contributed by atoms with van der Waals surface area (Å²) in [5.74, 6) is 1.70. The highest BCUT2D eigenvalue weighted by molar-refractivity contribution is 5.40. The summed E-state index contributed by atoms with van der Waals surface area (Å²) in [6, 6.07) is 8.61. The first-order chi connectivity index (χ1) is 9.75. The highest BCUT2D eigenvalue weighted by Gasteiger charge is 2.12. The molecule has 1 nitrogen and oxygen atoms in total. The monoisotopic (exact) mass is 273 g/mol. The van der Waals surface area contributed by atoms with Crippen molar-refractivity contribution in [3.63, 3.8) is 0 Å². The lowest BCUT2D eigenvalue weighted by Crippen LogP contribution is -2.02. The molecule has 112 valence electrons.